The van der Waals surface area contributed by atoms with E-state index in [0.717, 1.165) is 5.56 Å². The molecule has 0 spiro atoms. The van der Waals surface area contributed by atoms with Gasteiger partial charge in [0.05, 0.1) is 5.56 Å². The molecule has 0 aliphatic rings. The highest BCUT2D eigenvalue weighted by Crippen LogP contribution is 2.35. The first-order valence-electron chi connectivity index (χ1n) is 5.55. The lowest BCUT2D eigenvalue weighted by molar-refractivity contribution is 0.107. The van der Waals surface area contributed by atoms with Gasteiger partial charge in [0.15, 0.2) is 0 Å². The summed E-state index contributed by atoms with van der Waals surface area (Å²) in [7, 11) is -0.935. The van der Waals surface area contributed by atoms with Gasteiger partial charge >= 0.3 is 0 Å². The summed E-state index contributed by atoms with van der Waals surface area (Å²) in [5.41, 5.74) is 1.41. The molecule has 1 aromatic rings. The minimum absolute atomic E-state index is 0.0744. The number of para-hydroxylation sites is 1. The van der Waals surface area contributed by atoms with Gasteiger partial charge in [0, 0.05) is 0 Å². The highest BCUT2D eigenvalue weighted by molar-refractivity contribution is 6.68. The second-order valence-electron chi connectivity index (χ2n) is 5.22. The van der Waals surface area contributed by atoms with E-state index in [9.17, 15) is 4.79 Å². The van der Waals surface area contributed by atoms with Gasteiger partial charge in [-0.15, -0.1) is 0 Å². The van der Waals surface area contributed by atoms with Crippen molar-refractivity contribution in [3.05, 3.63) is 29.3 Å². The van der Waals surface area contributed by atoms with Crippen molar-refractivity contribution in [3.63, 3.8) is 0 Å². The number of benzene rings is 1. The molecule has 93 valence electrons. The maximum Gasteiger partial charge on any atom is 0.274 e. The van der Waals surface area contributed by atoms with Crippen LogP contribution in [0.15, 0.2) is 18.2 Å². The van der Waals surface area contributed by atoms with E-state index >= 15 is 0 Å². The van der Waals surface area contributed by atoms with Crippen LogP contribution in [0.3, 0.4) is 0 Å². The molecule has 0 heterocycles. The summed E-state index contributed by atoms with van der Waals surface area (Å²) in [6, 6.07) is 5.55. The third-order valence-electron chi connectivity index (χ3n) is 2.34. The third kappa shape index (κ3) is 3.58. The van der Waals surface area contributed by atoms with Gasteiger partial charge in [0.2, 0.25) is 0 Å². The number of carbonyl (C=O) groups is 1. The summed E-state index contributed by atoms with van der Waals surface area (Å²) in [6.45, 7) is 10.3. The van der Waals surface area contributed by atoms with Crippen LogP contribution in [0.4, 0.5) is 0 Å². The van der Waals surface area contributed by atoms with Crippen molar-refractivity contribution in [1.82, 2.24) is 0 Å². The molecule has 0 atom stereocenters. The summed E-state index contributed by atoms with van der Waals surface area (Å²) in [4.78, 5) is 11.4. The zero-order chi connectivity index (χ0) is 13.2. The quantitative estimate of drug-likeness (QED) is 0.613. The van der Waals surface area contributed by atoms with E-state index in [1.165, 1.54) is 0 Å². The minimum atomic E-state index is -0.935. The van der Waals surface area contributed by atoms with E-state index in [4.69, 9.17) is 16.0 Å². The van der Waals surface area contributed by atoms with Crippen LogP contribution in [0.2, 0.25) is 13.1 Å². The van der Waals surface area contributed by atoms with Crippen LogP contribution in [0.5, 0.6) is 5.75 Å². The molecule has 0 aliphatic heterocycles. The topological polar surface area (TPSA) is 26.3 Å². The summed E-state index contributed by atoms with van der Waals surface area (Å²) >= 11 is 5.61. The van der Waals surface area contributed by atoms with Crippen LogP contribution in [-0.2, 0) is 5.41 Å². The fraction of sp³-hybridized carbons (Fsp3) is 0.462. The van der Waals surface area contributed by atoms with Crippen molar-refractivity contribution in [1.29, 1.82) is 0 Å². The first-order chi connectivity index (χ1) is 7.73. The maximum absolute atomic E-state index is 11.4. The predicted molar refractivity (Wildman–Crippen MR) is 73.4 cm³/mol. The zero-order valence-electron chi connectivity index (χ0n) is 10.9. The largest absolute Gasteiger partial charge is 0.542 e. The Kier molecular flexibility index (Phi) is 4.39. The molecule has 0 unspecified atom stereocenters. The molecule has 0 N–H and O–H groups in total. The van der Waals surface area contributed by atoms with Crippen molar-refractivity contribution >= 4 is 25.9 Å². The van der Waals surface area contributed by atoms with E-state index in [-0.39, 0.29) is 5.41 Å². The molecule has 0 fully saturated rings. The highest BCUT2D eigenvalue weighted by atomic mass is 35.5. The standard InChI is InChI=1S/C13H18ClO2Si/c1-13(2,3)10-8-6-7-9(12(14)15)11(10)16-17(4)5/h6-8H,1-5H3. The lowest BCUT2D eigenvalue weighted by Crippen LogP contribution is -2.20. The SMILES string of the molecule is C[Si](C)Oc1c(C(=O)Cl)cccc1C(C)(C)C. The molecular weight excluding hydrogens is 252 g/mol. The molecule has 0 amide bonds. The molecule has 0 saturated carbocycles. The molecule has 0 aromatic heterocycles. The second kappa shape index (κ2) is 5.23. The van der Waals surface area contributed by atoms with Gasteiger partial charge in [-0.3, -0.25) is 4.79 Å². The third-order valence-corrected chi connectivity index (χ3v) is 3.16. The van der Waals surface area contributed by atoms with E-state index in [1.807, 2.05) is 25.2 Å². The molecule has 1 aromatic carbocycles. The fourth-order valence-electron chi connectivity index (χ4n) is 1.60. The zero-order valence-corrected chi connectivity index (χ0v) is 12.7. The van der Waals surface area contributed by atoms with Crippen molar-refractivity contribution in [3.8, 4) is 5.75 Å². The number of carbonyl (C=O) groups excluding carboxylic acids is 1. The average molecular weight is 270 g/mol. The van der Waals surface area contributed by atoms with Gasteiger partial charge < -0.3 is 4.43 Å². The Bertz CT molecular complexity index is 422. The van der Waals surface area contributed by atoms with Gasteiger partial charge in [-0.25, -0.2) is 0 Å². The van der Waals surface area contributed by atoms with E-state index < -0.39 is 14.3 Å². The van der Waals surface area contributed by atoms with Crippen LogP contribution in [0.1, 0.15) is 36.7 Å². The lowest BCUT2D eigenvalue weighted by atomic mass is 9.85. The molecule has 0 aliphatic carbocycles. The number of rotatable bonds is 3. The lowest BCUT2D eigenvalue weighted by Gasteiger charge is -2.25. The Morgan fingerprint density at radius 3 is 2.29 bits per heavy atom. The maximum atomic E-state index is 11.4. The summed E-state index contributed by atoms with van der Waals surface area (Å²) in [5.74, 6) is 0.652. The molecule has 2 nitrogen and oxygen atoms in total. The van der Waals surface area contributed by atoms with Crippen LogP contribution >= 0.6 is 11.6 Å². The molecule has 0 bridgehead atoms. The molecular formula is C13H18ClO2Si. The van der Waals surface area contributed by atoms with E-state index in [2.05, 4.69) is 20.8 Å². The predicted octanol–water partition coefficient (Wildman–Crippen LogP) is 3.99. The van der Waals surface area contributed by atoms with Gasteiger partial charge in [-0.2, -0.15) is 0 Å². The number of hydrogen-bond donors (Lipinski definition) is 0. The Morgan fingerprint density at radius 2 is 1.88 bits per heavy atom. The monoisotopic (exact) mass is 269 g/mol. The van der Waals surface area contributed by atoms with Gasteiger partial charge in [-0.05, 0) is 41.7 Å². The summed E-state index contributed by atoms with van der Waals surface area (Å²) in [6.07, 6.45) is 0. The van der Waals surface area contributed by atoms with Crippen molar-refractivity contribution in [2.24, 2.45) is 0 Å². The summed E-state index contributed by atoms with van der Waals surface area (Å²) in [5, 5.41) is -0.464. The Morgan fingerprint density at radius 1 is 1.29 bits per heavy atom. The second-order valence-corrected chi connectivity index (χ2v) is 7.58. The fourth-order valence-corrected chi connectivity index (χ4v) is 2.37. The number of halogens is 1. The molecule has 0 saturated heterocycles. The molecule has 1 rings (SSSR count). The average Bonchev–Trinajstić information content (AvgIpc) is 2.14. The summed E-state index contributed by atoms with van der Waals surface area (Å²) < 4.78 is 5.86. The molecule has 1 radical (unpaired) electrons. The van der Waals surface area contributed by atoms with Gasteiger partial charge in [-0.1, -0.05) is 32.9 Å². The van der Waals surface area contributed by atoms with Crippen LogP contribution in [-0.4, -0.2) is 14.3 Å². The number of hydrogen-bond acceptors (Lipinski definition) is 2. The van der Waals surface area contributed by atoms with Gasteiger partial charge in [0.25, 0.3) is 14.3 Å². The van der Waals surface area contributed by atoms with Crippen molar-refractivity contribution < 1.29 is 9.22 Å². The van der Waals surface area contributed by atoms with Crippen LogP contribution in [0, 0.1) is 0 Å². The molecule has 4 heteroatoms. The van der Waals surface area contributed by atoms with E-state index in [0.29, 0.717) is 11.3 Å². The van der Waals surface area contributed by atoms with Crippen LogP contribution < -0.4 is 4.43 Å². The normalized spacial score (nSPS) is 11.7. The Balaban J connectivity index is 3.40. The Labute approximate surface area is 110 Å². The van der Waals surface area contributed by atoms with E-state index in [1.54, 1.807) is 6.07 Å². The van der Waals surface area contributed by atoms with Crippen molar-refractivity contribution in [2.45, 2.75) is 39.3 Å². The van der Waals surface area contributed by atoms with Crippen LogP contribution in [0.25, 0.3) is 0 Å². The first-order valence-corrected chi connectivity index (χ1v) is 8.33. The smallest absolute Gasteiger partial charge is 0.274 e. The Hall–Kier alpha value is -0.803. The minimum Gasteiger partial charge on any atom is -0.542 e. The van der Waals surface area contributed by atoms with Gasteiger partial charge in [0.1, 0.15) is 5.75 Å². The highest BCUT2D eigenvalue weighted by Gasteiger charge is 2.23. The molecule has 17 heavy (non-hydrogen) atoms. The first kappa shape index (κ1) is 14.3. The van der Waals surface area contributed by atoms with Crippen molar-refractivity contribution in [2.75, 3.05) is 0 Å².